The molecule has 3 rings (SSSR count). The first kappa shape index (κ1) is 20.4. The summed E-state index contributed by atoms with van der Waals surface area (Å²) < 4.78 is 5.70. The van der Waals surface area contributed by atoms with Crippen molar-refractivity contribution in [3.05, 3.63) is 65.2 Å². The van der Waals surface area contributed by atoms with Crippen LogP contribution in [0.2, 0.25) is 0 Å². The molecular formula is C24H32N2O2. The van der Waals surface area contributed by atoms with Crippen LogP contribution in [-0.2, 0) is 11.3 Å². The first-order valence-electron chi connectivity index (χ1n) is 10.3. The Hall–Kier alpha value is -2.33. The molecule has 1 fully saturated rings. The zero-order chi connectivity index (χ0) is 19.9. The standard InChI is InChI=1S/C24H32N2O2/c1-18(2)23-10-9-22(15-19(23)3)28-17-24(27)25-21-11-13-26(14-12-21)16-20-7-5-4-6-8-20/h4-10,15,18,21H,11-14,16-17H2,1-3H3,(H,25,27). The number of hydrogen-bond acceptors (Lipinski definition) is 3. The van der Waals surface area contributed by atoms with Gasteiger partial charge in [0.1, 0.15) is 5.75 Å². The molecule has 1 saturated heterocycles. The van der Waals surface area contributed by atoms with Crippen molar-refractivity contribution in [1.29, 1.82) is 0 Å². The van der Waals surface area contributed by atoms with Crippen molar-refractivity contribution in [3.63, 3.8) is 0 Å². The monoisotopic (exact) mass is 380 g/mol. The third kappa shape index (κ3) is 5.83. The number of benzene rings is 2. The smallest absolute Gasteiger partial charge is 0.258 e. The predicted molar refractivity (Wildman–Crippen MR) is 114 cm³/mol. The van der Waals surface area contributed by atoms with Gasteiger partial charge in [-0.3, -0.25) is 9.69 Å². The molecule has 0 atom stereocenters. The number of ether oxygens (including phenoxy) is 1. The quantitative estimate of drug-likeness (QED) is 0.780. The molecule has 1 aliphatic rings. The van der Waals surface area contributed by atoms with E-state index in [-0.39, 0.29) is 18.6 Å². The second-order valence-electron chi connectivity index (χ2n) is 8.07. The Balaban J connectivity index is 1.39. The molecular weight excluding hydrogens is 348 g/mol. The molecule has 0 aliphatic carbocycles. The lowest BCUT2D eigenvalue weighted by molar-refractivity contribution is -0.124. The van der Waals surface area contributed by atoms with Gasteiger partial charge in [0.2, 0.25) is 0 Å². The minimum absolute atomic E-state index is 0.0351. The molecule has 2 aromatic rings. The van der Waals surface area contributed by atoms with Crippen molar-refractivity contribution in [2.24, 2.45) is 0 Å². The molecule has 2 aromatic carbocycles. The minimum Gasteiger partial charge on any atom is -0.484 e. The van der Waals surface area contributed by atoms with E-state index in [0.717, 1.165) is 38.2 Å². The van der Waals surface area contributed by atoms with Gasteiger partial charge in [-0.15, -0.1) is 0 Å². The van der Waals surface area contributed by atoms with Crippen LogP contribution < -0.4 is 10.1 Å². The lowest BCUT2D eigenvalue weighted by Gasteiger charge is -2.32. The number of piperidine rings is 1. The number of nitrogens with zero attached hydrogens (tertiary/aromatic N) is 1. The minimum atomic E-state index is -0.0351. The maximum atomic E-state index is 12.3. The number of nitrogens with one attached hydrogen (secondary N) is 1. The van der Waals surface area contributed by atoms with Crippen molar-refractivity contribution in [3.8, 4) is 5.75 Å². The molecule has 1 aliphatic heterocycles. The zero-order valence-electron chi connectivity index (χ0n) is 17.3. The maximum absolute atomic E-state index is 12.3. The number of amides is 1. The first-order valence-corrected chi connectivity index (χ1v) is 10.3. The second kappa shape index (κ2) is 9.74. The van der Waals surface area contributed by atoms with Gasteiger partial charge >= 0.3 is 0 Å². The molecule has 28 heavy (non-hydrogen) atoms. The highest BCUT2D eigenvalue weighted by atomic mass is 16.5. The van der Waals surface area contributed by atoms with Crippen LogP contribution in [0.5, 0.6) is 5.75 Å². The van der Waals surface area contributed by atoms with Gasteiger partial charge in [-0.25, -0.2) is 0 Å². The van der Waals surface area contributed by atoms with Crippen molar-refractivity contribution < 1.29 is 9.53 Å². The van der Waals surface area contributed by atoms with Crippen LogP contribution in [0, 0.1) is 6.92 Å². The Bertz CT molecular complexity index is 765. The van der Waals surface area contributed by atoms with Crippen LogP contribution >= 0.6 is 0 Å². The summed E-state index contributed by atoms with van der Waals surface area (Å²) in [5.41, 5.74) is 3.87. The van der Waals surface area contributed by atoms with Gasteiger partial charge in [-0.1, -0.05) is 50.2 Å². The van der Waals surface area contributed by atoms with Crippen molar-refractivity contribution >= 4 is 5.91 Å². The third-order valence-corrected chi connectivity index (χ3v) is 5.43. The highest BCUT2D eigenvalue weighted by Gasteiger charge is 2.20. The van der Waals surface area contributed by atoms with Gasteiger partial charge < -0.3 is 10.1 Å². The largest absolute Gasteiger partial charge is 0.484 e. The topological polar surface area (TPSA) is 41.6 Å². The van der Waals surface area contributed by atoms with Gasteiger partial charge in [-0.05, 0) is 54.5 Å². The molecule has 1 amide bonds. The number of likely N-dealkylation sites (tertiary alicyclic amines) is 1. The number of carbonyl (C=O) groups excluding carboxylic acids is 1. The lowest BCUT2D eigenvalue weighted by Crippen LogP contribution is -2.45. The summed E-state index contributed by atoms with van der Waals surface area (Å²) in [6.45, 7) is 9.53. The normalized spacial score (nSPS) is 15.6. The molecule has 150 valence electrons. The zero-order valence-corrected chi connectivity index (χ0v) is 17.3. The molecule has 0 saturated carbocycles. The average Bonchev–Trinajstić information content (AvgIpc) is 2.68. The highest BCUT2D eigenvalue weighted by molar-refractivity contribution is 5.77. The Morgan fingerprint density at radius 2 is 1.86 bits per heavy atom. The Morgan fingerprint density at radius 3 is 2.50 bits per heavy atom. The van der Waals surface area contributed by atoms with Crippen LogP contribution in [0.25, 0.3) is 0 Å². The molecule has 4 heteroatoms. The summed E-state index contributed by atoms with van der Waals surface area (Å²) in [4.78, 5) is 14.7. The fraction of sp³-hybridized carbons (Fsp3) is 0.458. The molecule has 0 spiro atoms. The van der Waals surface area contributed by atoms with Crippen molar-refractivity contribution in [1.82, 2.24) is 10.2 Å². The Kier molecular flexibility index (Phi) is 7.10. The second-order valence-corrected chi connectivity index (χ2v) is 8.07. The maximum Gasteiger partial charge on any atom is 0.258 e. The summed E-state index contributed by atoms with van der Waals surface area (Å²) in [7, 11) is 0. The van der Waals surface area contributed by atoms with E-state index in [1.165, 1.54) is 16.7 Å². The molecule has 0 unspecified atom stereocenters. The van der Waals surface area contributed by atoms with E-state index < -0.39 is 0 Å². The predicted octanol–water partition coefficient (Wildman–Crippen LogP) is 4.28. The van der Waals surface area contributed by atoms with E-state index in [1.54, 1.807) is 0 Å². The van der Waals surface area contributed by atoms with E-state index in [2.05, 4.69) is 61.3 Å². The van der Waals surface area contributed by atoms with Crippen molar-refractivity contribution in [2.45, 2.75) is 52.1 Å². The van der Waals surface area contributed by atoms with Crippen molar-refractivity contribution in [2.75, 3.05) is 19.7 Å². The lowest BCUT2D eigenvalue weighted by atomic mass is 9.98. The molecule has 0 radical (unpaired) electrons. The van der Waals surface area contributed by atoms with Gasteiger partial charge in [0.15, 0.2) is 6.61 Å². The third-order valence-electron chi connectivity index (χ3n) is 5.43. The Morgan fingerprint density at radius 1 is 1.14 bits per heavy atom. The summed E-state index contributed by atoms with van der Waals surface area (Å²) in [6, 6.07) is 16.9. The fourth-order valence-electron chi connectivity index (χ4n) is 3.88. The number of carbonyl (C=O) groups is 1. The van der Waals surface area contributed by atoms with Crippen LogP contribution in [0.1, 0.15) is 49.3 Å². The average molecular weight is 381 g/mol. The summed E-state index contributed by atoms with van der Waals surface area (Å²) >= 11 is 0. The van der Waals surface area contributed by atoms with Crippen LogP contribution in [-0.4, -0.2) is 36.5 Å². The molecule has 1 N–H and O–H groups in total. The van der Waals surface area contributed by atoms with Gasteiger partial charge in [0.25, 0.3) is 5.91 Å². The van der Waals surface area contributed by atoms with Gasteiger partial charge in [-0.2, -0.15) is 0 Å². The van der Waals surface area contributed by atoms with E-state index in [1.807, 2.05) is 18.2 Å². The van der Waals surface area contributed by atoms with E-state index in [4.69, 9.17) is 4.74 Å². The molecule has 1 heterocycles. The molecule has 0 aromatic heterocycles. The molecule has 0 bridgehead atoms. The van der Waals surface area contributed by atoms with Crippen LogP contribution in [0.15, 0.2) is 48.5 Å². The van der Waals surface area contributed by atoms with Gasteiger partial charge in [0.05, 0.1) is 0 Å². The van der Waals surface area contributed by atoms with E-state index >= 15 is 0 Å². The summed E-state index contributed by atoms with van der Waals surface area (Å²) in [5, 5.41) is 3.13. The Labute approximate surface area is 168 Å². The first-order chi connectivity index (χ1) is 13.5. The number of rotatable bonds is 7. The SMILES string of the molecule is Cc1cc(OCC(=O)NC2CCN(Cc3ccccc3)CC2)ccc1C(C)C. The summed E-state index contributed by atoms with van der Waals surface area (Å²) in [6.07, 6.45) is 1.97. The highest BCUT2D eigenvalue weighted by Crippen LogP contribution is 2.23. The van der Waals surface area contributed by atoms with E-state index in [9.17, 15) is 4.79 Å². The fourth-order valence-corrected chi connectivity index (χ4v) is 3.88. The van der Waals surface area contributed by atoms with E-state index in [0.29, 0.717) is 5.92 Å². The van der Waals surface area contributed by atoms with Crippen LogP contribution in [0.3, 0.4) is 0 Å². The molecule has 4 nitrogen and oxygen atoms in total. The summed E-state index contributed by atoms with van der Waals surface area (Å²) in [5.74, 6) is 1.21. The number of hydrogen-bond donors (Lipinski definition) is 1. The number of aryl methyl sites for hydroxylation is 1. The van der Waals surface area contributed by atoms with Gasteiger partial charge in [0, 0.05) is 25.7 Å². The van der Waals surface area contributed by atoms with Crippen LogP contribution in [0.4, 0.5) is 0 Å².